The molecule has 10 rings (SSSR count). The average Bonchev–Trinajstić information content (AvgIpc) is 3.77. The van der Waals surface area contributed by atoms with Gasteiger partial charge in [0.05, 0.1) is 0 Å². The first-order valence-electron chi connectivity index (χ1n) is 18.8. The molecule has 0 radical (unpaired) electrons. The molecule has 54 heavy (non-hydrogen) atoms. The van der Waals surface area contributed by atoms with Gasteiger partial charge in [-0.1, -0.05) is 153 Å². The lowest BCUT2D eigenvalue weighted by atomic mass is 9.74. The maximum Gasteiger partial charge on any atom is 0.164 e. The lowest BCUT2D eigenvalue weighted by molar-refractivity contribution is 0.490. The van der Waals surface area contributed by atoms with E-state index in [-0.39, 0.29) is 5.41 Å². The highest BCUT2D eigenvalue weighted by Crippen LogP contribution is 2.53. The van der Waals surface area contributed by atoms with Crippen molar-refractivity contribution < 1.29 is 4.42 Å². The Morgan fingerprint density at radius 3 is 1.67 bits per heavy atom. The molecule has 1 aliphatic carbocycles. The molecule has 4 heteroatoms. The van der Waals surface area contributed by atoms with Crippen LogP contribution >= 0.6 is 0 Å². The molecule has 0 spiro atoms. The van der Waals surface area contributed by atoms with Gasteiger partial charge in [-0.05, 0) is 81.6 Å². The zero-order valence-electron chi connectivity index (χ0n) is 30.3. The van der Waals surface area contributed by atoms with Crippen LogP contribution in [0.1, 0.15) is 37.8 Å². The van der Waals surface area contributed by atoms with E-state index >= 15 is 0 Å². The molecule has 0 aliphatic heterocycles. The minimum absolute atomic E-state index is 0.00273. The van der Waals surface area contributed by atoms with E-state index in [1.54, 1.807) is 0 Å². The Balaban J connectivity index is 1.13. The molecule has 4 nitrogen and oxygen atoms in total. The van der Waals surface area contributed by atoms with Crippen molar-refractivity contribution >= 4 is 21.9 Å². The summed E-state index contributed by atoms with van der Waals surface area (Å²) in [6.07, 6.45) is 2.09. The monoisotopic (exact) mass is 695 g/mol. The Labute approximate surface area is 314 Å². The predicted octanol–water partition coefficient (Wildman–Crippen LogP) is 13.2. The number of fused-ring (bicyclic) bond motifs is 6. The zero-order valence-corrected chi connectivity index (χ0v) is 30.3. The van der Waals surface area contributed by atoms with Crippen LogP contribution in [0.25, 0.3) is 89.5 Å². The summed E-state index contributed by atoms with van der Waals surface area (Å²) < 4.78 is 6.51. The van der Waals surface area contributed by atoms with Crippen molar-refractivity contribution in [1.82, 2.24) is 15.0 Å². The Bertz CT molecular complexity index is 2830. The van der Waals surface area contributed by atoms with E-state index in [1.807, 2.05) is 18.2 Å². The van der Waals surface area contributed by atoms with Gasteiger partial charge in [0, 0.05) is 32.9 Å². The summed E-state index contributed by atoms with van der Waals surface area (Å²) in [4.78, 5) is 15.5. The first-order valence-corrected chi connectivity index (χ1v) is 18.8. The molecular weight excluding hydrogens is 659 g/mol. The van der Waals surface area contributed by atoms with Crippen molar-refractivity contribution in [2.75, 3.05) is 0 Å². The first-order chi connectivity index (χ1) is 26.6. The topological polar surface area (TPSA) is 51.8 Å². The van der Waals surface area contributed by atoms with Crippen molar-refractivity contribution in [2.24, 2.45) is 0 Å². The van der Waals surface area contributed by atoms with Crippen molar-refractivity contribution in [1.29, 1.82) is 0 Å². The van der Waals surface area contributed by atoms with Gasteiger partial charge in [-0.3, -0.25) is 0 Å². The second kappa shape index (κ2) is 12.8. The van der Waals surface area contributed by atoms with Gasteiger partial charge in [0.1, 0.15) is 11.2 Å². The standard InChI is InChI=1S/C50H37N3O/c1-3-50(4-2)42-20-12-11-18-39(42)41-30-36(27-29-43(41)50)48-51-47(35-24-22-33(23-25-35)32-14-7-5-8-15-32)52-49(53-48)37-26-28-40-45(31-37)54-44-21-13-19-38(46(40)44)34-16-9-6-10-17-34/h5-31H,3-4H2,1-2H3. The second-order valence-electron chi connectivity index (χ2n) is 14.2. The van der Waals surface area contributed by atoms with E-state index < -0.39 is 0 Å². The summed E-state index contributed by atoms with van der Waals surface area (Å²) in [6.45, 7) is 4.61. The molecule has 2 heterocycles. The van der Waals surface area contributed by atoms with Gasteiger partial charge < -0.3 is 4.42 Å². The van der Waals surface area contributed by atoms with E-state index in [0.717, 1.165) is 68.2 Å². The SMILES string of the molecule is CCC1(CC)c2ccccc2-c2cc(-c3nc(-c4ccc(-c5ccccc5)cc4)nc(-c4ccc5c(c4)oc4cccc(-c6ccccc6)c45)n3)ccc21. The maximum absolute atomic E-state index is 6.51. The third-order valence-electron chi connectivity index (χ3n) is 11.5. The van der Waals surface area contributed by atoms with Gasteiger partial charge in [0.25, 0.3) is 0 Å². The molecule has 0 saturated heterocycles. The van der Waals surface area contributed by atoms with Crippen molar-refractivity contribution in [2.45, 2.75) is 32.1 Å². The number of hydrogen-bond donors (Lipinski definition) is 0. The minimum atomic E-state index is 0.00273. The Kier molecular flexibility index (Phi) is 7.58. The lowest BCUT2D eigenvalue weighted by Crippen LogP contribution is -2.22. The Morgan fingerprint density at radius 1 is 0.407 bits per heavy atom. The maximum atomic E-state index is 6.51. The van der Waals surface area contributed by atoms with Crippen LogP contribution in [0.5, 0.6) is 0 Å². The summed E-state index contributed by atoms with van der Waals surface area (Å²) >= 11 is 0. The third kappa shape index (κ3) is 5.09. The summed E-state index contributed by atoms with van der Waals surface area (Å²) in [7, 11) is 0. The molecule has 9 aromatic rings. The highest BCUT2D eigenvalue weighted by atomic mass is 16.3. The first kappa shape index (κ1) is 32.0. The quantitative estimate of drug-likeness (QED) is 0.167. The van der Waals surface area contributed by atoms with Gasteiger partial charge in [0.2, 0.25) is 0 Å². The molecule has 0 amide bonds. The summed E-state index contributed by atoms with van der Waals surface area (Å²) in [5.74, 6) is 1.87. The molecule has 0 unspecified atom stereocenters. The Morgan fingerprint density at radius 2 is 0.944 bits per heavy atom. The number of hydrogen-bond acceptors (Lipinski definition) is 4. The van der Waals surface area contributed by atoms with E-state index in [9.17, 15) is 0 Å². The van der Waals surface area contributed by atoms with Gasteiger partial charge in [-0.2, -0.15) is 0 Å². The fourth-order valence-electron chi connectivity index (χ4n) is 8.64. The number of furan rings is 1. The number of benzene rings is 7. The van der Waals surface area contributed by atoms with Crippen LogP contribution in [-0.4, -0.2) is 15.0 Å². The van der Waals surface area contributed by atoms with Crippen LogP contribution in [0.15, 0.2) is 168 Å². The van der Waals surface area contributed by atoms with Crippen LogP contribution in [0.2, 0.25) is 0 Å². The fourth-order valence-corrected chi connectivity index (χ4v) is 8.64. The van der Waals surface area contributed by atoms with Gasteiger partial charge in [-0.25, -0.2) is 15.0 Å². The van der Waals surface area contributed by atoms with E-state index in [0.29, 0.717) is 17.5 Å². The lowest BCUT2D eigenvalue weighted by Gasteiger charge is -2.29. The molecule has 1 aliphatic rings. The van der Waals surface area contributed by atoms with Crippen LogP contribution in [0.3, 0.4) is 0 Å². The molecule has 0 saturated carbocycles. The molecule has 258 valence electrons. The molecule has 0 fully saturated rings. The molecule has 0 bridgehead atoms. The molecule has 7 aromatic carbocycles. The Hall–Kier alpha value is -6.65. The number of rotatable bonds is 7. The van der Waals surface area contributed by atoms with Crippen LogP contribution in [0, 0.1) is 0 Å². The average molecular weight is 696 g/mol. The summed E-state index contributed by atoms with van der Waals surface area (Å²) in [6, 6.07) is 57.6. The highest BCUT2D eigenvalue weighted by molar-refractivity contribution is 6.13. The minimum Gasteiger partial charge on any atom is -0.456 e. The van der Waals surface area contributed by atoms with E-state index in [2.05, 4.69) is 159 Å². The van der Waals surface area contributed by atoms with Crippen LogP contribution < -0.4 is 0 Å². The van der Waals surface area contributed by atoms with Crippen molar-refractivity contribution in [3.8, 4) is 67.5 Å². The smallest absolute Gasteiger partial charge is 0.164 e. The number of nitrogens with zero attached hydrogens (tertiary/aromatic N) is 3. The van der Waals surface area contributed by atoms with Gasteiger partial charge >= 0.3 is 0 Å². The predicted molar refractivity (Wildman–Crippen MR) is 221 cm³/mol. The third-order valence-corrected chi connectivity index (χ3v) is 11.5. The zero-order chi connectivity index (χ0) is 36.2. The van der Waals surface area contributed by atoms with Gasteiger partial charge in [0.15, 0.2) is 17.5 Å². The highest BCUT2D eigenvalue weighted by Gasteiger charge is 2.40. The molecular formula is C50H37N3O. The van der Waals surface area contributed by atoms with Crippen molar-refractivity contribution in [3.63, 3.8) is 0 Å². The molecule has 2 aromatic heterocycles. The molecule has 0 atom stereocenters. The van der Waals surface area contributed by atoms with Crippen LogP contribution in [0.4, 0.5) is 0 Å². The van der Waals surface area contributed by atoms with Crippen molar-refractivity contribution in [3.05, 3.63) is 175 Å². The van der Waals surface area contributed by atoms with E-state index in [1.165, 1.54) is 27.8 Å². The van der Waals surface area contributed by atoms with Crippen LogP contribution in [-0.2, 0) is 5.41 Å². The summed E-state index contributed by atoms with van der Waals surface area (Å²) in [5.41, 5.74) is 14.4. The number of aromatic nitrogens is 3. The largest absolute Gasteiger partial charge is 0.456 e. The van der Waals surface area contributed by atoms with E-state index in [4.69, 9.17) is 19.4 Å². The normalized spacial score (nSPS) is 12.9. The van der Waals surface area contributed by atoms with Gasteiger partial charge in [-0.15, -0.1) is 0 Å². The molecule has 0 N–H and O–H groups in total. The second-order valence-corrected chi connectivity index (χ2v) is 14.2. The summed E-state index contributed by atoms with van der Waals surface area (Å²) in [5, 5.41) is 2.17. The fraction of sp³-hybridized carbons (Fsp3) is 0.100.